The van der Waals surface area contributed by atoms with Crippen LogP contribution in [0.1, 0.15) is 13.8 Å². The molecule has 2 nitrogen and oxygen atoms in total. The summed E-state index contributed by atoms with van der Waals surface area (Å²) in [7, 11) is 0. The summed E-state index contributed by atoms with van der Waals surface area (Å²) in [6, 6.07) is 0. The second-order valence-corrected chi connectivity index (χ2v) is 2.65. The minimum Gasteiger partial charge on any atom is -0.367 e. The standard InChI is InChI=1S/C5H10O2/c1-5(2)3-7-4(5)6/h4,6H,3H2,1-2H3. The van der Waals surface area contributed by atoms with Crippen LogP contribution in [-0.2, 0) is 4.74 Å². The van der Waals surface area contributed by atoms with Gasteiger partial charge in [0.05, 0.1) is 6.61 Å². The molecule has 1 fully saturated rings. The monoisotopic (exact) mass is 102 g/mol. The molecule has 1 rings (SSSR count). The Labute approximate surface area is 43.1 Å². The zero-order chi connectivity index (χ0) is 5.49. The lowest BCUT2D eigenvalue weighted by Crippen LogP contribution is -2.47. The van der Waals surface area contributed by atoms with E-state index in [0.717, 1.165) is 0 Å². The van der Waals surface area contributed by atoms with Gasteiger partial charge in [-0.15, -0.1) is 0 Å². The van der Waals surface area contributed by atoms with E-state index in [1.807, 2.05) is 13.8 Å². The van der Waals surface area contributed by atoms with Gasteiger partial charge in [-0.3, -0.25) is 0 Å². The van der Waals surface area contributed by atoms with Crippen LogP contribution in [-0.4, -0.2) is 18.0 Å². The fourth-order valence-electron chi connectivity index (χ4n) is 0.491. The number of ether oxygens (including phenoxy) is 1. The Kier molecular flexibility index (Phi) is 0.869. The van der Waals surface area contributed by atoms with Crippen molar-refractivity contribution in [3.63, 3.8) is 0 Å². The molecule has 1 N–H and O–H groups in total. The van der Waals surface area contributed by atoms with Crippen molar-refractivity contribution < 1.29 is 9.84 Å². The minimum atomic E-state index is -0.521. The van der Waals surface area contributed by atoms with Crippen molar-refractivity contribution in [2.45, 2.75) is 20.1 Å². The van der Waals surface area contributed by atoms with Gasteiger partial charge in [-0.1, -0.05) is 13.8 Å². The summed E-state index contributed by atoms with van der Waals surface area (Å²) in [6.07, 6.45) is -0.521. The number of aliphatic hydroxyl groups is 1. The van der Waals surface area contributed by atoms with Gasteiger partial charge in [0.25, 0.3) is 0 Å². The summed E-state index contributed by atoms with van der Waals surface area (Å²) in [5, 5.41) is 8.75. The number of rotatable bonds is 0. The first kappa shape index (κ1) is 5.06. The topological polar surface area (TPSA) is 29.5 Å². The molecule has 0 aromatic rings. The van der Waals surface area contributed by atoms with Crippen LogP contribution in [0.2, 0.25) is 0 Å². The second kappa shape index (κ2) is 1.20. The highest BCUT2D eigenvalue weighted by Crippen LogP contribution is 2.31. The molecule has 0 aromatic heterocycles. The van der Waals surface area contributed by atoms with Crippen molar-refractivity contribution in [3.8, 4) is 0 Å². The highest BCUT2D eigenvalue weighted by atomic mass is 16.6. The third kappa shape index (κ3) is 0.640. The molecule has 1 aliphatic rings. The lowest BCUT2D eigenvalue weighted by atomic mass is 9.89. The predicted octanol–water partition coefficient (Wildman–Crippen LogP) is 0.361. The molecule has 0 aliphatic carbocycles. The zero-order valence-electron chi connectivity index (χ0n) is 4.64. The van der Waals surface area contributed by atoms with Gasteiger partial charge in [0.2, 0.25) is 0 Å². The van der Waals surface area contributed by atoms with E-state index in [1.54, 1.807) is 0 Å². The fourth-order valence-corrected chi connectivity index (χ4v) is 0.491. The maximum atomic E-state index is 8.75. The van der Waals surface area contributed by atoms with Gasteiger partial charge in [0.15, 0.2) is 6.29 Å². The summed E-state index contributed by atoms with van der Waals surface area (Å²) >= 11 is 0. The number of hydrogen-bond donors (Lipinski definition) is 1. The molecule has 0 saturated carbocycles. The number of aliphatic hydroxyl groups excluding tert-OH is 1. The van der Waals surface area contributed by atoms with Gasteiger partial charge in [-0.2, -0.15) is 0 Å². The van der Waals surface area contributed by atoms with E-state index in [1.165, 1.54) is 0 Å². The van der Waals surface area contributed by atoms with E-state index in [0.29, 0.717) is 6.61 Å². The smallest absolute Gasteiger partial charge is 0.161 e. The SMILES string of the molecule is CC1(C)COC1O. The summed E-state index contributed by atoms with van der Waals surface area (Å²) in [5.41, 5.74) is 0.0139. The van der Waals surface area contributed by atoms with E-state index in [9.17, 15) is 0 Å². The Hall–Kier alpha value is -0.0800. The predicted molar refractivity (Wildman–Crippen MR) is 25.7 cm³/mol. The lowest BCUT2D eigenvalue weighted by Gasteiger charge is -2.39. The van der Waals surface area contributed by atoms with Crippen LogP contribution in [0.25, 0.3) is 0 Å². The fraction of sp³-hybridized carbons (Fsp3) is 1.00. The molecule has 0 spiro atoms. The Morgan fingerprint density at radius 1 is 1.71 bits per heavy atom. The van der Waals surface area contributed by atoms with Crippen molar-refractivity contribution in [1.29, 1.82) is 0 Å². The Bertz CT molecular complexity index is 78.1. The van der Waals surface area contributed by atoms with E-state index in [-0.39, 0.29) is 5.41 Å². The molecule has 2 heteroatoms. The maximum absolute atomic E-state index is 8.75. The van der Waals surface area contributed by atoms with Gasteiger partial charge < -0.3 is 9.84 Å². The molecule has 0 bridgehead atoms. The first-order valence-electron chi connectivity index (χ1n) is 2.42. The largest absolute Gasteiger partial charge is 0.367 e. The highest BCUT2D eigenvalue weighted by molar-refractivity contribution is 4.78. The molecule has 1 saturated heterocycles. The van der Waals surface area contributed by atoms with Crippen LogP contribution in [0.3, 0.4) is 0 Å². The maximum Gasteiger partial charge on any atom is 0.161 e. The average Bonchev–Trinajstić information content (AvgIpc) is 1.63. The molecule has 0 amide bonds. The molecule has 42 valence electrons. The molecule has 7 heavy (non-hydrogen) atoms. The van der Waals surface area contributed by atoms with Gasteiger partial charge in [-0.25, -0.2) is 0 Å². The van der Waals surface area contributed by atoms with Crippen molar-refractivity contribution in [1.82, 2.24) is 0 Å². The quantitative estimate of drug-likeness (QED) is 0.478. The molecule has 1 unspecified atom stereocenters. The normalized spacial score (nSPS) is 37.3. The first-order valence-corrected chi connectivity index (χ1v) is 2.42. The van der Waals surface area contributed by atoms with E-state index in [4.69, 9.17) is 9.84 Å². The van der Waals surface area contributed by atoms with Crippen molar-refractivity contribution >= 4 is 0 Å². The first-order chi connectivity index (χ1) is 3.13. The molecule has 0 radical (unpaired) electrons. The molecule has 1 heterocycles. The Morgan fingerprint density at radius 2 is 2.14 bits per heavy atom. The summed E-state index contributed by atoms with van der Waals surface area (Å²) in [5.74, 6) is 0. The van der Waals surface area contributed by atoms with Crippen LogP contribution in [0.5, 0.6) is 0 Å². The molecular formula is C5H10O2. The summed E-state index contributed by atoms with van der Waals surface area (Å²) < 4.78 is 4.70. The van der Waals surface area contributed by atoms with Crippen molar-refractivity contribution in [2.75, 3.05) is 6.61 Å². The lowest BCUT2D eigenvalue weighted by molar-refractivity contribution is -0.274. The number of hydrogen-bond acceptors (Lipinski definition) is 2. The van der Waals surface area contributed by atoms with Crippen LogP contribution < -0.4 is 0 Å². The van der Waals surface area contributed by atoms with Crippen molar-refractivity contribution in [2.24, 2.45) is 5.41 Å². The minimum absolute atomic E-state index is 0.0139. The van der Waals surface area contributed by atoms with Crippen LogP contribution >= 0.6 is 0 Å². The summed E-state index contributed by atoms with van der Waals surface area (Å²) in [4.78, 5) is 0. The molecule has 0 aromatic carbocycles. The van der Waals surface area contributed by atoms with Crippen molar-refractivity contribution in [3.05, 3.63) is 0 Å². The molecule has 1 aliphatic heterocycles. The zero-order valence-corrected chi connectivity index (χ0v) is 4.64. The summed E-state index contributed by atoms with van der Waals surface area (Å²) in [6.45, 7) is 4.64. The van der Waals surface area contributed by atoms with Gasteiger partial charge in [-0.05, 0) is 0 Å². The van der Waals surface area contributed by atoms with Gasteiger partial charge in [0, 0.05) is 5.41 Å². The van der Waals surface area contributed by atoms with E-state index < -0.39 is 6.29 Å². The Balaban J connectivity index is 2.43. The third-order valence-corrected chi connectivity index (χ3v) is 1.28. The average molecular weight is 102 g/mol. The Morgan fingerprint density at radius 3 is 2.14 bits per heavy atom. The van der Waals surface area contributed by atoms with Crippen LogP contribution in [0.4, 0.5) is 0 Å². The molecule has 1 atom stereocenters. The third-order valence-electron chi connectivity index (χ3n) is 1.28. The second-order valence-electron chi connectivity index (χ2n) is 2.65. The van der Waals surface area contributed by atoms with Gasteiger partial charge in [0.1, 0.15) is 0 Å². The van der Waals surface area contributed by atoms with Crippen LogP contribution in [0.15, 0.2) is 0 Å². The van der Waals surface area contributed by atoms with E-state index in [2.05, 4.69) is 0 Å². The van der Waals surface area contributed by atoms with E-state index >= 15 is 0 Å². The molecular weight excluding hydrogens is 92.1 g/mol. The highest BCUT2D eigenvalue weighted by Gasteiger charge is 2.38. The van der Waals surface area contributed by atoms with Gasteiger partial charge >= 0.3 is 0 Å². The van der Waals surface area contributed by atoms with Crippen LogP contribution in [0, 0.1) is 5.41 Å².